The lowest BCUT2D eigenvalue weighted by molar-refractivity contribution is 0.0177. The van der Waals surface area contributed by atoms with Gasteiger partial charge in [-0.2, -0.15) is 0 Å². The second-order valence-electron chi connectivity index (χ2n) is 7.13. The number of amides is 1. The van der Waals surface area contributed by atoms with Gasteiger partial charge in [-0.05, 0) is 33.6 Å². The first-order valence-corrected chi connectivity index (χ1v) is 8.37. The highest BCUT2D eigenvalue weighted by atomic mass is 16.6. The minimum atomic E-state index is -0.455. The van der Waals surface area contributed by atoms with Gasteiger partial charge in [0.25, 0.3) is 0 Å². The van der Waals surface area contributed by atoms with E-state index < -0.39 is 5.60 Å². The van der Waals surface area contributed by atoms with Gasteiger partial charge < -0.3 is 25.0 Å². The quantitative estimate of drug-likeness (QED) is 0.757. The van der Waals surface area contributed by atoms with E-state index in [1.165, 1.54) is 0 Å². The van der Waals surface area contributed by atoms with E-state index in [9.17, 15) is 4.79 Å². The molecule has 1 amide bonds. The Morgan fingerprint density at radius 3 is 2.70 bits per heavy atom. The average Bonchev–Trinajstić information content (AvgIpc) is 2.48. The Kier molecular flexibility index (Phi) is 5.86. The van der Waals surface area contributed by atoms with Crippen LogP contribution in [0.15, 0.2) is 4.99 Å². The molecule has 132 valence electrons. The van der Waals surface area contributed by atoms with Gasteiger partial charge in [0.15, 0.2) is 0 Å². The zero-order valence-corrected chi connectivity index (χ0v) is 14.8. The lowest BCUT2D eigenvalue weighted by Crippen LogP contribution is -2.65. The van der Waals surface area contributed by atoms with Crippen LogP contribution in [0.2, 0.25) is 0 Å². The number of methoxy groups -OCH3 is 1. The maximum atomic E-state index is 12.2. The summed E-state index contributed by atoms with van der Waals surface area (Å²) in [7, 11) is 1.69. The molecule has 0 radical (unpaired) electrons. The molecule has 0 bridgehead atoms. The summed E-state index contributed by atoms with van der Waals surface area (Å²) in [6.07, 6.45) is 1.45. The van der Waals surface area contributed by atoms with Crippen LogP contribution in [0, 0.1) is 0 Å². The minimum absolute atomic E-state index is 0.148. The molecule has 7 nitrogen and oxygen atoms in total. The van der Waals surface area contributed by atoms with Crippen LogP contribution in [0.5, 0.6) is 0 Å². The summed E-state index contributed by atoms with van der Waals surface area (Å²) in [4.78, 5) is 18.6. The summed E-state index contributed by atoms with van der Waals surface area (Å²) >= 11 is 0. The molecule has 1 saturated heterocycles. The molecule has 2 heterocycles. The molecule has 23 heavy (non-hydrogen) atoms. The molecule has 1 fully saturated rings. The summed E-state index contributed by atoms with van der Waals surface area (Å²) in [5.41, 5.74) is -0.603. The molecule has 2 aliphatic heterocycles. The van der Waals surface area contributed by atoms with Gasteiger partial charge in [-0.3, -0.25) is 4.99 Å². The first-order chi connectivity index (χ1) is 10.9. The number of amidine groups is 1. The predicted molar refractivity (Wildman–Crippen MR) is 90.0 cm³/mol. The van der Waals surface area contributed by atoms with Crippen molar-refractivity contribution in [1.29, 1.82) is 0 Å². The number of rotatable bonds is 3. The first kappa shape index (κ1) is 18.0. The van der Waals surface area contributed by atoms with Gasteiger partial charge in [0.1, 0.15) is 11.4 Å². The van der Waals surface area contributed by atoms with Crippen molar-refractivity contribution in [3.8, 4) is 0 Å². The van der Waals surface area contributed by atoms with Crippen LogP contribution >= 0.6 is 0 Å². The van der Waals surface area contributed by atoms with Crippen molar-refractivity contribution in [2.45, 2.75) is 44.8 Å². The molecule has 0 aromatic carbocycles. The number of nitrogens with zero attached hydrogens (tertiary/aromatic N) is 2. The zero-order chi connectivity index (χ0) is 16.9. The fourth-order valence-corrected chi connectivity index (χ4v) is 3.01. The molecule has 0 unspecified atom stereocenters. The second kappa shape index (κ2) is 7.49. The number of aliphatic imine (C=N–C) groups is 1. The highest BCUT2D eigenvalue weighted by molar-refractivity contribution is 5.92. The Morgan fingerprint density at radius 1 is 1.39 bits per heavy atom. The average molecular weight is 326 g/mol. The summed E-state index contributed by atoms with van der Waals surface area (Å²) in [5.74, 6) is 1.00. The van der Waals surface area contributed by atoms with Gasteiger partial charge in [-0.1, -0.05) is 0 Å². The van der Waals surface area contributed by atoms with E-state index in [4.69, 9.17) is 9.47 Å². The van der Waals surface area contributed by atoms with Crippen molar-refractivity contribution in [3.63, 3.8) is 0 Å². The molecular formula is C16H30N4O3. The van der Waals surface area contributed by atoms with Crippen molar-refractivity contribution in [1.82, 2.24) is 15.5 Å². The van der Waals surface area contributed by atoms with E-state index in [-0.39, 0.29) is 11.6 Å². The number of ether oxygens (including phenoxy) is 2. The van der Waals surface area contributed by atoms with Crippen molar-refractivity contribution in [3.05, 3.63) is 0 Å². The third-order valence-electron chi connectivity index (χ3n) is 4.17. The number of carbonyl (C=O) groups is 1. The molecule has 2 rings (SSSR count). The van der Waals surface area contributed by atoms with Crippen LogP contribution in [0.25, 0.3) is 0 Å². The first-order valence-electron chi connectivity index (χ1n) is 8.37. The molecule has 0 atom stereocenters. The van der Waals surface area contributed by atoms with Crippen LogP contribution in [-0.2, 0) is 9.47 Å². The Labute approximate surface area is 138 Å². The maximum absolute atomic E-state index is 12.2. The Balaban J connectivity index is 1.94. The van der Waals surface area contributed by atoms with E-state index >= 15 is 0 Å². The van der Waals surface area contributed by atoms with Crippen molar-refractivity contribution >= 4 is 11.9 Å². The number of hydrogen-bond donors (Lipinski definition) is 2. The molecule has 1 spiro atoms. The smallest absolute Gasteiger partial charge is 0.410 e. The van der Waals surface area contributed by atoms with Gasteiger partial charge in [0.05, 0.1) is 18.7 Å². The predicted octanol–water partition coefficient (Wildman–Crippen LogP) is 0.994. The number of nitrogens with one attached hydrogen (secondary N) is 2. The molecule has 2 N–H and O–H groups in total. The minimum Gasteiger partial charge on any atom is -0.444 e. The van der Waals surface area contributed by atoms with Crippen molar-refractivity contribution in [2.24, 2.45) is 4.99 Å². The molecule has 0 aliphatic carbocycles. The fourth-order valence-electron chi connectivity index (χ4n) is 3.01. The third-order valence-corrected chi connectivity index (χ3v) is 4.17. The van der Waals surface area contributed by atoms with Crippen LogP contribution in [0.1, 0.15) is 33.6 Å². The van der Waals surface area contributed by atoms with Crippen LogP contribution in [0.3, 0.4) is 0 Å². The van der Waals surface area contributed by atoms with Crippen LogP contribution in [-0.4, -0.2) is 74.4 Å². The van der Waals surface area contributed by atoms with E-state index in [0.717, 1.165) is 38.3 Å². The van der Waals surface area contributed by atoms with Crippen LogP contribution in [0.4, 0.5) is 4.79 Å². The highest BCUT2D eigenvalue weighted by Crippen LogP contribution is 2.26. The van der Waals surface area contributed by atoms with E-state index in [1.54, 1.807) is 12.0 Å². The Hall–Kier alpha value is -1.34. The van der Waals surface area contributed by atoms with E-state index in [1.807, 2.05) is 20.8 Å². The molecule has 2 aliphatic rings. The topological polar surface area (TPSA) is 75.2 Å². The second-order valence-corrected chi connectivity index (χ2v) is 7.13. The van der Waals surface area contributed by atoms with Gasteiger partial charge in [-0.25, -0.2) is 4.79 Å². The number of piperidine rings is 1. The third kappa shape index (κ3) is 4.81. The summed E-state index contributed by atoms with van der Waals surface area (Å²) in [6.45, 7) is 10.1. The normalized spacial score (nSPS) is 21.0. The van der Waals surface area contributed by atoms with Crippen molar-refractivity contribution < 1.29 is 14.3 Å². The number of hydrogen-bond acceptors (Lipinski definition) is 6. The highest BCUT2D eigenvalue weighted by Gasteiger charge is 2.41. The summed E-state index contributed by atoms with van der Waals surface area (Å²) in [6, 6.07) is 0. The van der Waals surface area contributed by atoms with Crippen molar-refractivity contribution in [2.75, 3.05) is 46.4 Å². The lowest BCUT2D eigenvalue weighted by Gasteiger charge is -2.45. The molecule has 7 heteroatoms. The molecule has 0 aromatic heterocycles. The molecule has 0 saturated carbocycles. The van der Waals surface area contributed by atoms with E-state index in [0.29, 0.717) is 19.7 Å². The van der Waals surface area contributed by atoms with Crippen LogP contribution < -0.4 is 10.6 Å². The fraction of sp³-hybridized carbons (Fsp3) is 0.875. The lowest BCUT2D eigenvalue weighted by atomic mass is 9.85. The molecule has 0 aromatic rings. The van der Waals surface area contributed by atoms with Gasteiger partial charge in [0, 0.05) is 33.3 Å². The summed E-state index contributed by atoms with van der Waals surface area (Å²) in [5, 5.41) is 7.00. The Morgan fingerprint density at radius 2 is 2.09 bits per heavy atom. The molecular weight excluding hydrogens is 296 g/mol. The largest absolute Gasteiger partial charge is 0.444 e. The SMILES string of the molecule is COCCNC1=NCCNC12CCN(C(=O)OC(C)(C)C)CC2. The zero-order valence-electron chi connectivity index (χ0n) is 14.8. The Bertz CT molecular complexity index is 437. The van der Waals surface area contributed by atoms with E-state index in [2.05, 4.69) is 15.6 Å². The van der Waals surface area contributed by atoms with Gasteiger partial charge in [0.2, 0.25) is 0 Å². The summed E-state index contributed by atoms with van der Waals surface area (Å²) < 4.78 is 10.6. The van der Waals surface area contributed by atoms with Gasteiger partial charge in [-0.15, -0.1) is 0 Å². The number of carbonyl (C=O) groups excluding carboxylic acids is 1. The standard InChI is InChI=1S/C16H30N4O3/c1-15(2,3)23-14(21)20-10-5-16(6-11-20)13(17-7-8-19-16)18-9-12-22-4/h19H,5-12H2,1-4H3,(H,17,18). The number of likely N-dealkylation sites (tertiary alicyclic amines) is 1. The monoisotopic (exact) mass is 326 g/mol. The maximum Gasteiger partial charge on any atom is 0.410 e. The van der Waals surface area contributed by atoms with Gasteiger partial charge >= 0.3 is 6.09 Å².